The lowest BCUT2D eigenvalue weighted by atomic mass is 9.77. The summed E-state index contributed by atoms with van der Waals surface area (Å²) in [7, 11) is 0. The summed E-state index contributed by atoms with van der Waals surface area (Å²) in [5, 5.41) is 10.2. The molecule has 0 radical (unpaired) electrons. The standard InChI is InChI=1S/C28H35N3O5/c1-4-20(17-32)31-24-27(35)30(18(2)3)15-9-13-28(24)23(26(31)34)22-21(36-28)12-8-14-29(25(22)33)16-19-10-6-5-7-11-19/h5-13,18,20-24,32H,4,14-17H2,1-3H3/t20-,21+,22-,23-,24?,28-/m0/s1. The van der Waals surface area contributed by atoms with Crippen LogP contribution in [-0.2, 0) is 25.7 Å². The Kier molecular flexibility index (Phi) is 6.51. The molecule has 0 aromatic heterocycles. The van der Waals surface area contributed by atoms with Gasteiger partial charge in [0.25, 0.3) is 0 Å². The van der Waals surface area contributed by atoms with E-state index in [0.29, 0.717) is 26.1 Å². The summed E-state index contributed by atoms with van der Waals surface area (Å²) in [5.41, 5.74) is -0.252. The van der Waals surface area contributed by atoms with Crippen LogP contribution in [-0.4, -0.2) is 87.1 Å². The first-order valence-corrected chi connectivity index (χ1v) is 12.9. The van der Waals surface area contributed by atoms with Crippen LogP contribution < -0.4 is 0 Å². The Morgan fingerprint density at radius 3 is 2.47 bits per heavy atom. The zero-order valence-electron chi connectivity index (χ0n) is 21.1. The molecule has 36 heavy (non-hydrogen) atoms. The highest BCUT2D eigenvalue weighted by atomic mass is 16.5. The second-order valence-electron chi connectivity index (χ2n) is 10.5. The van der Waals surface area contributed by atoms with Crippen molar-refractivity contribution in [3.05, 3.63) is 60.2 Å². The van der Waals surface area contributed by atoms with Crippen molar-refractivity contribution < 1.29 is 24.2 Å². The summed E-state index contributed by atoms with van der Waals surface area (Å²) in [6.45, 7) is 6.77. The molecular weight excluding hydrogens is 458 g/mol. The SMILES string of the molecule is CC[C@@H](CO)N1C(=O)[C@@H]2[C@H]3C(=O)N(Cc4ccccc4)CC=C[C@H]3O[C@@]23C=CCN(C(C)C)C(=O)C13. The van der Waals surface area contributed by atoms with Crippen LogP contribution in [0, 0.1) is 11.8 Å². The van der Waals surface area contributed by atoms with Crippen LogP contribution in [0.15, 0.2) is 54.6 Å². The van der Waals surface area contributed by atoms with Gasteiger partial charge in [-0.15, -0.1) is 0 Å². The van der Waals surface area contributed by atoms with Crippen molar-refractivity contribution >= 4 is 17.7 Å². The zero-order chi connectivity index (χ0) is 25.6. The first-order chi connectivity index (χ1) is 17.3. The first-order valence-electron chi connectivity index (χ1n) is 12.9. The third kappa shape index (κ3) is 3.69. The van der Waals surface area contributed by atoms with Crippen molar-refractivity contribution in [2.75, 3.05) is 19.7 Å². The molecule has 0 aliphatic carbocycles. The van der Waals surface area contributed by atoms with Crippen molar-refractivity contribution in [1.29, 1.82) is 0 Å². The van der Waals surface area contributed by atoms with Gasteiger partial charge >= 0.3 is 0 Å². The number of aliphatic hydroxyl groups is 1. The fourth-order valence-electron chi connectivity index (χ4n) is 6.36. The molecule has 2 fully saturated rings. The molecule has 8 nitrogen and oxygen atoms in total. The fourth-order valence-corrected chi connectivity index (χ4v) is 6.36. The number of hydrogen-bond donors (Lipinski definition) is 1. The van der Waals surface area contributed by atoms with E-state index >= 15 is 0 Å². The number of carbonyl (C=O) groups excluding carboxylic acids is 3. The largest absolute Gasteiger partial charge is 0.394 e. The highest BCUT2D eigenvalue weighted by molar-refractivity contribution is 6.00. The van der Waals surface area contributed by atoms with Gasteiger partial charge in [-0.25, -0.2) is 0 Å². The molecule has 1 spiro atoms. The van der Waals surface area contributed by atoms with E-state index < -0.39 is 35.6 Å². The lowest BCUT2D eigenvalue weighted by Crippen LogP contribution is -2.58. The Hall–Kier alpha value is -2.97. The zero-order valence-corrected chi connectivity index (χ0v) is 21.1. The van der Waals surface area contributed by atoms with E-state index in [1.54, 1.807) is 9.80 Å². The monoisotopic (exact) mass is 493 g/mol. The quantitative estimate of drug-likeness (QED) is 0.610. The normalized spacial score (nSPS) is 32.5. The number of fused-ring (bicyclic) bond motifs is 2. The first kappa shape index (κ1) is 24.7. The van der Waals surface area contributed by atoms with Crippen LogP contribution in [0.4, 0.5) is 0 Å². The molecule has 1 unspecified atom stereocenters. The molecule has 192 valence electrons. The van der Waals surface area contributed by atoms with Gasteiger partial charge in [0.05, 0.1) is 30.6 Å². The minimum absolute atomic E-state index is 0.0720. The number of amides is 3. The van der Waals surface area contributed by atoms with Crippen LogP contribution in [0.25, 0.3) is 0 Å². The minimum atomic E-state index is -1.26. The van der Waals surface area contributed by atoms with Crippen LogP contribution in [0.2, 0.25) is 0 Å². The van der Waals surface area contributed by atoms with Crippen LogP contribution in [0.5, 0.6) is 0 Å². The molecule has 6 atom stereocenters. The lowest BCUT2D eigenvalue weighted by Gasteiger charge is -2.39. The van der Waals surface area contributed by atoms with Gasteiger partial charge in [-0.05, 0) is 25.8 Å². The van der Waals surface area contributed by atoms with Crippen LogP contribution in [0.1, 0.15) is 32.8 Å². The van der Waals surface area contributed by atoms with Gasteiger partial charge in [0.15, 0.2) is 0 Å². The molecule has 4 aliphatic heterocycles. The Morgan fingerprint density at radius 1 is 1.06 bits per heavy atom. The number of benzene rings is 1. The summed E-state index contributed by atoms with van der Waals surface area (Å²) in [6.07, 6.45) is 7.43. The summed E-state index contributed by atoms with van der Waals surface area (Å²) >= 11 is 0. The topological polar surface area (TPSA) is 90.4 Å². The van der Waals surface area contributed by atoms with Gasteiger partial charge in [0.2, 0.25) is 17.7 Å². The number of carbonyl (C=O) groups is 3. The van der Waals surface area contributed by atoms with Crippen molar-refractivity contribution in [2.45, 2.75) is 63.6 Å². The van der Waals surface area contributed by atoms with Crippen molar-refractivity contribution in [3.63, 3.8) is 0 Å². The number of likely N-dealkylation sites (tertiary alicyclic amines) is 1. The maximum absolute atomic E-state index is 14.2. The molecule has 1 aromatic carbocycles. The van der Waals surface area contributed by atoms with Crippen LogP contribution in [0.3, 0.4) is 0 Å². The van der Waals surface area contributed by atoms with E-state index in [-0.39, 0.29) is 30.4 Å². The highest BCUT2D eigenvalue weighted by Gasteiger charge is 2.72. The Bertz CT molecular complexity index is 1080. The van der Waals surface area contributed by atoms with E-state index in [4.69, 9.17) is 4.74 Å². The highest BCUT2D eigenvalue weighted by Crippen LogP contribution is 2.54. The molecule has 8 heteroatoms. The third-order valence-electron chi connectivity index (χ3n) is 8.13. The number of hydrogen-bond acceptors (Lipinski definition) is 5. The molecule has 1 N–H and O–H groups in total. The number of rotatable bonds is 6. The van der Waals surface area contributed by atoms with Gasteiger partial charge in [0, 0.05) is 25.7 Å². The molecule has 1 aromatic rings. The molecule has 0 saturated carbocycles. The van der Waals surface area contributed by atoms with Crippen molar-refractivity contribution in [2.24, 2.45) is 11.8 Å². The maximum Gasteiger partial charge on any atom is 0.249 e. The Labute approximate surface area is 212 Å². The van der Waals surface area contributed by atoms with Crippen molar-refractivity contribution in [1.82, 2.24) is 14.7 Å². The van der Waals surface area contributed by atoms with E-state index in [1.165, 1.54) is 4.90 Å². The van der Waals surface area contributed by atoms with E-state index in [0.717, 1.165) is 5.56 Å². The number of nitrogens with zero attached hydrogens (tertiary/aromatic N) is 3. The summed E-state index contributed by atoms with van der Waals surface area (Å²) < 4.78 is 6.64. The summed E-state index contributed by atoms with van der Waals surface area (Å²) in [5.74, 6) is -2.22. The van der Waals surface area contributed by atoms with E-state index in [9.17, 15) is 19.5 Å². The maximum atomic E-state index is 14.2. The van der Waals surface area contributed by atoms with Gasteiger partial charge in [-0.1, -0.05) is 61.6 Å². The predicted octanol–water partition coefficient (Wildman–Crippen LogP) is 1.74. The van der Waals surface area contributed by atoms with Gasteiger partial charge in [-0.2, -0.15) is 0 Å². The minimum Gasteiger partial charge on any atom is -0.394 e. The number of ether oxygens (including phenoxy) is 1. The Balaban J connectivity index is 1.58. The lowest BCUT2D eigenvalue weighted by molar-refractivity contribution is -0.152. The average Bonchev–Trinajstić information content (AvgIpc) is 3.18. The molecule has 3 amide bonds. The number of aliphatic hydroxyl groups excluding tert-OH is 1. The average molecular weight is 494 g/mol. The van der Waals surface area contributed by atoms with Crippen LogP contribution >= 0.6 is 0 Å². The molecular formula is C28H35N3O5. The molecule has 4 heterocycles. The van der Waals surface area contributed by atoms with Gasteiger partial charge < -0.3 is 24.5 Å². The summed E-state index contributed by atoms with van der Waals surface area (Å²) in [4.78, 5) is 47.2. The predicted molar refractivity (Wildman–Crippen MR) is 133 cm³/mol. The van der Waals surface area contributed by atoms with Gasteiger partial charge in [-0.3, -0.25) is 14.4 Å². The fraction of sp³-hybridized carbons (Fsp3) is 0.536. The second kappa shape index (κ2) is 9.48. The smallest absolute Gasteiger partial charge is 0.249 e. The van der Waals surface area contributed by atoms with Gasteiger partial charge in [0.1, 0.15) is 11.6 Å². The van der Waals surface area contributed by atoms with E-state index in [2.05, 4.69) is 0 Å². The molecule has 5 rings (SSSR count). The molecule has 0 bridgehead atoms. The van der Waals surface area contributed by atoms with Crippen molar-refractivity contribution in [3.8, 4) is 0 Å². The van der Waals surface area contributed by atoms with E-state index in [1.807, 2.05) is 75.4 Å². The third-order valence-corrected chi connectivity index (χ3v) is 8.13. The second-order valence-corrected chi connectivity index (χ2v) is 10.5. The molecule has 4 aliphatic rings. The molecule has 2 saturated heterocycles. The summed E-state index contributed by atoms with van der Waals surface area (Å²) in [6, 6.07) is 8.24. The Morgan fingerprint density at radius 2 is 1.81 bits per heavy atom.